The van der Waals surface area contributed by atoms with Gasteiger partial charge in [-0.15, -0.1) is 11.3 Å². The number of carbonyl (C=O) groups is 1. The van der Waals surface area contributed by atoms with E-state index < -0.39 is 18.9 Å². The highest BCUT2D eigenvalue weighted by atomic mass is 32.1. The van der Waals surface area contributed by atoms with E-state index in [9.17, 15) is 22.4 Å². The second-order valence-electron chi connectivity index (χ2n) is 4.01. The second-order valence-corrected chi connectivity index (χ2v) is 5.06. The van der Waals surface area contributed by atoms with Gasteiger partial charge in [-0.2, -0.15) is 8.78 Å². The molecule has 0 spiro atoms. The first-order chi connectivity index (χ1) is 8.65. The highest BCUT2D eigenvalue weighted by molar-refractivity contribution is 7.18. The van der Waals surface area contributed by atoms with Crippen molar-refractivity contribution in [2.75, 3.05) is 31.7 Å². The Hall–Kier alpha value is -1.51. The zero-order valence-electron chi connectivity index (χ0n) is 10.2. The number of nitrogens with zero attached hydrogens (tertiary/aromatic N) is 1. The molecule has 1 rings (SSSR count). The minimum atomic E-state index is -4.13. The quantitative estimate of drug-likeness (QED) is 0.821. The van der Waals surface area contributed by atoms with Crippen molar-refractivity contribution in [1.29, 1.82) is 0 Å². The van der Waals surface area contributed by atoms with Crippen LogP contribution in [-0.2, 0) is 0 Å². The van der Waals surface area contributed by atoms with Gasteiger partial charge < -0.3 is 16.0 Å². The van der Waals surface area contributed by atoms with Crippen LogP contribution in [0, 0.1) is 0 Å². The Morgan fingerprint density at radius 3 is 2.58 bits per heavy atom. The molecule has 0 fully saturated rings. The van der Waals surface area contributed by atoms with Gasteiger partial charge in [-0.1, -0.05) is 0 Å². The molecule has 0 atom stereocenters. The first-order valence-electron chi connectivity index (χ1n) is 5.16. The molecule has 0 unspecified atom stereocenters. The molecular formula is C10H13F4N3OS. The number of carbonyl (C=O) groups excluding carboxylic acids is 1. The van der Waals surface area contributed by atoms with Crippen LogP contribution in [0.5, 0.6) is 0 Å². The molecular weight excluding hydrogens is 286 g/mol. The smallest absolute Gasteiger partial charge is 0.324 e. The lowest BCUT2D eigenvalue weighted by atomic mass is 10.3. The highest BCUT2D eigenvalue weighted by Crippen LogP contribution is 2.31. The van der Waals surface area contributed by atoms with Crippen LogP contribution in [0.2, 0.25) is 0 Å². The van der Waals surface area contributed by atoms with Crippen molar-refractivity contribution in [3.63, 3.8) is 0 Å². The normalized spacial score (nSPS) is 11.7. The summed E-state index contributed by atoms with van der Waals surface area (Å²) in [4.78, 5) is 13.1. The Balaban J connectivity index is 2.77. The molecule has 0 saturated heterocycles. The molecule has 0 bridgehead atoms. The van der Waals surface area contributed by atoms with E-state index in [1.165, 1.54) is 25.1 Å². The van der Waals surface area contributed by atoms with Gasteiger partial charge in [-0.3, -0.25) is 4.79 Å². The summed E-state index contributed by atoms with van der Waals surface area (Å²) in [5, 5.41) is 2.30. The Kier molecular flexibility index (Phi) is 4.61. The van der Waals surface area contributed by atoms with E-state index in [0.717, 1.165) is 11.3 Å². The molecule has 0 aliphatic carbocycles. The van der Waals surface area contributed by atoms with Crippen molar-refractivity contribution in [2.45, 2.75) is 12.3 Å². The number of amides is 1. The van der Waals surface area contributed by atoms with Crippen molar-refractivity contribution >= 4 is 27.9 Å². The van der Waals surface area contributed by atoms with Gasteiger partial charge in [0, 0.05) is 14.1 Å². The third kappa shape index (κ3) is 3.72. The van der Waals surface area contributed by atoms with Gasteiger partial charge in [0.2, 0.25) is 0 Å². The summed E-state index contributed by atoms with van der Waals surface area (Å²) in [6, 6.07) is 1.27. The van der Waals surface area contributed by atoms with Crippen LogP contribution in [0.25, 0.3) is 0 Å². The van der Waals surface area contributed by atoms with Crippen LogP contribution >= 0.6 is 11.3 Å². The zero-order chi connectivity index (χ0) is 14.8. The third-order valence-corrected chi connectivity index (χ3v) is 3.28. The molecule has 1 aromatic rings. The standard InChI is InChI=1S/C10H13F4N3OS/c1-17(2)8(18)7-5(15)3-6(19-7)16-4-10(13,14)9(11)12/h3,9,16H,4,15H2,1-2H3. The minimum Gasteiger partial charge on any atom is -0.397 e. The predicted octanol–water partition coefficient (Wildman–Crippen LogP) is 2.34. The lowest BCUT2D eigenvalue weighted by Gasteiger charge is -2.15. The maximum absolute atomic E-state index is 12.7. The molecule has 0 saturated carbocycles. The van der Waals surface area contributed by atoms with Crippen LogP contribution in [-0.4, -0.2) is 43.8 Å². The van der Waals surface area contributed by atoms with E-state index in [2.05, 4.69) is 5.32 Å². The molecule has 108 valence electrons. The summed E-state index contributed by atoms with van der Waals surface area (Å²) < 4.78 is 49.3. The summed E-state index contributed by atoms with van der Waals surface area (Å²) >= 11 is 0.843. The molecule has 0 aliphatic rings. The lowest BCUT2D eigenvalue weighted by Crippen LogP contribution is -2.34. The third-order valence-electron chi connectivity index (χ3n) is 2.18. The largest absolute Gasteiger partial charge is 0.397 e. The number of thiophene rings is 1. The fourth-order valence-corrected chi connectivity index (χ4v) is 2.14. The zero-order valence-corrected chi connectivity index (χ0v) is 11.0. The summed E-state index contributed by atoms with van der Waals surface area (Å²) in [7, 11) is 3.03. The van der Waals surface area contributed by atoms with Crippen LogP contribution < -0.4 is 11.1 Å². The van der Waals surface area contributed by atoms with Gasteiger partial charge in [-0.05, 0) is 6.07 Å². The molecule has 3 N–H and O–H groups in total. The first-order valence-corrected chi connectivity index (χ1v) is 5.97. The van der Waals surface area contributed by atoms with Crippen molar-refractivity contribution < 1.29 is 22.4 Å². The average Bonchev–Trinajstić information content (AvgIpc) is 2.66. The Morgan fingerprint density at radius 1 is 1.53 bits per heavy atom. The van der Waals surface area contributed by atoms with E-state index in [1.54, 1.807) is 0 Å². The van der Waals surface area contributed by atoms with Gasteiger partial charge in [-0.25, -0.2) is 8.78 Å². The number of hydrogen-bond donors (Lipinski definition) is 2. The minimum absolute atomic E-state index is 0.117. The Morgan fingerprint density at radius 2 is 2.11 bits per heavy atom. The van der Waals surface area contributed by atoms with Gasteiger partial charge in [0.15, 0.2) is 0 Å². The molecule has 0 aliphatic heterocycles. The molecule has 1 heterocycles. The summed E-state index contributed by atoms with van der Waals surface area (Å²) in [5.41, 5.74) is 5.68. The SMILES string of the molecule is CN(C)C(=O)c1sc(NCC(F)(F)C(F)F)cc1N. The molecule has 1 aromatic heterocycles. The fraction of sp³-hybridized carbons (Fsp3) is 0.500. The molecule has 9 heteroatoms. The lowest BCUT2D eigenvalue weighted by molar-refractivity contribution is -0.117. The number of nitrogen functional groups attached to an aromatic ring is 1. The second kappa shape index (κ2) is 5.64. The van der Waals surface area contributed by atoms with Crippen LogP contribution in [0.15, 0.2) is 6.07 Å². The van der Waals surface area contributed by atoms with E-state index in [-0.39, 0.29) is 21.5 Å². The number of nitrogens with two attached hydrogens (primary N) is 1. The molecule has 0 aromatic carbocycles. The van der Waals surface area contributed by atoms with Gasteiger partial charge in [0.05, 0.1) is 17.2 Å². The number of anilines is 2. The van der Waals surface area contributed by atoms with Crippen molar-refractivity contribution in [3.8, 4) is 0 Å². The van der Waals surface area contributed by atoms with Gasteiger partial charge in [0.25, 0.3) is 5.91 Å². The summed E-state index contributed by atoms with van der Waals surface area (Å²) in [6.45, 7) is -1.22. The number of rotatable bonds is 5. The monoisotopic (exact) mass is 299 g/mol. The summed E-state index contributed by atoms with van der Waals surface area (Å²) in [6.07, 6.45) is -3.75. The number of halogens is 4. The fourth-order valence-electron chi connectivity index (χ4n) is 1.14. The topological polar surface area (TPSA) is 58.4 Å². The first kappa shape index (κ1) is 15.5. The van der Waals surface area contributed by atoms with Crippen LogP contribution in [0.3, 0.4) is 0 Å². The van der Waals surface area contributed by atoms with E-state index >= 15 is 0 Å². The Labute approximate surface area is 111 Å². The average molecular weight is 299 g/mol. The van der Waals surface area contributed by atoms with Gasteiger partial charge >= 0.3 is 12.3 Å². The Bertz CT molecular complexity index is 462. The maximum atomic E-state index is 12.7. The molecule has 19 heavy (non-hydrogen) atoms. The maximum Gasteiger partial charge on any atom is 0.324 e. The predicted molar refractivity (Wildman–Crippen MR) is 66.2 cm³/mol. The van der Waals surface area contributed by atoms with E-state index in [0.29, 0.717) is 0 Å². The van der Waals surface area contributed by atoms with E-state index in [4.69, 9.17) is 5.73 Å². The molecule has 0 radical (unpaired) electrons. The van der Waals surface area contributed by atoms with Crippen LogP contribution in [0.4, 0.5) is 28.3 Å². The van der Waals surface area contributed by atoms with Crippen LogP contribution in [0.1, 0.15) is 9.67 Å². The van der Waals surface area contributed by atoms with E-state index in [1.807, 2.05) is 0 Å². The van der Waals surface area contributed by atoms with Crippen molar-refractivity contribution in [2.24, 2.45) is 0 Å². The number of alkyl halides is 4. The highest BCUT2D eigenvalue weighted by Gasteiger charge is 2.40. The van der Waals surface area contributed by atoms with Crippen molar-refractivity contribution in [1.82, 2.24) is 4.90 Å². The van der Waals surface area contributed by atoms with Gasteiger partial charge in [0.1, 0.15) is 4.88 Å². The van der Waals surface area contributed by atoms with Crippen molar-refractivity contribution in [3.05, 3.63) is 10.9 Å². The molecule has 4 nitrogen and oxygen atoms in total. The number of hydrogen-bond acceptors (Lipinski definition) is 4. The molecule has 1 amide bonds. The number of nitrogens with one attached hydrogen (secondary N) is 1. The summed E-state index contributed by atoms with van der Waals surface area (Å²) in [5.74, 6) is -4.51.